The van der Waals surface area contributed by atoms with Crippen LogP contribution in [0.2, 0.25) is 0 Å². The monoisotopic (exact) mass is 280 g/mol. The minimum Gasteiger partial charge on any atom is -0.426 e. The van der Waals surface area contributed by atoms with Crippen molar-refractivity contribution in [3.05, 3.63) is 65.0 Å². The van der Waals surface area contributed by atoms with Gasteiger partial charge in [0.1, 0.15) is 11.5 Å². The summed E-state index contributed by atoms with van der Waals surface area (Å²) in [5.74, 6) is 0.310. The SMILES string of the molecule is CC(=O)Oc1ccccc1-c1cc2ccccc2c(=O)o1. The Hall–Kier alpha value is -2.88. The van der Waals surface area contributed by atoms with Gasteiger partial charge in [-0.25, -0.2) is 4.79 Å². The average molecular weight is 280 g/mol. The number of hydrogen-bond acceptors (Lipinski definition) is 4. The Morgan fingerprint density at radius 1 is 1.05 bits per heavy atom. The third kappa shape index (κ3) is 2.56. The molecule has 0 radical (unpaired) electrons. The van der Waals surface area contributed by atoms with E-state index in [1.807, 2.05) is 12.1 Å². The highest BCUT2D eigenvalue weighted by Crippen LogP contribution is 2.30. The van der Waals surface area contributed by atoms with E-state index in [2.05, 4.69) is 0 Å². The Bertz CT molecular complexity index is 877. The smallest absolute Gasteiger partial charge is 0.344 e. The first-order valence-corrected chi connectivity index (χ1v) is 6.46. The van der Waals surface area contributed by atoms with Crippen LogP contribution in [0.25, 0.3) is 22.1 Å². The Morgan fingerprint density at radius 2 is 1.76 bits per heavy atom. The Morgan fingerprint density at radius 3 is 2.57 bits per heavy atom. The molecular weight excluding hydrogens is 268 g/mol. The summed E-state index contributed by atoms with van der Waals surface area (Å²) in [5, 5.41) is 1.30. The summed E-state index contributed by atoms with van der Waals surface area (Å²) in [6.07, 6.45) is 0. The molecule has 0 aliphatic heterocycles. The van der Waals surface area contributed by atoms with Gasteiger partial charge in [0, 0.05) is 6.92 Å². The zero-order chi connectivity index (χ0) is 14.8. The van der Waals surface area contributed by atoms with E-state index < -0.39 is 11.6 Å². The van der Waals surface area contributed by atoms with E-state index in [1.165, 1.54) is 6.92 Å². The summed E-state index contributed by atoms with van der Waals surface area (Å²) in [6, 6.07) is 15.9. The van der Waals surface area contributed by atoms with Crippen molar-refractivity contribution in [3.63, 3.8) is 0 Å². The molecule has 0 unspecified atom stereocenters. The molecular formula is C17H12O4. The van der Waals surface area contributed by atoms with Gasteiger partial charge in [0.15, 0.2) is 0 Å². The molecule has 0 saturated carbocycles. The van der Waals surface area contributed by atoms with Gasteiger partial charge in [-0.15, -0.1) is 0 Å². The Labute approximate surface area is 120 Å². The molecule has 2 aromatic carbocycles. The Balaban J connectivity index is 2.21. The lowest BCUT2D eigenvalue weighted by atomic mass is 10.1. The summed E-state index contributed by atoms with van der Waals surface area (Å²) >= 11 is 0. The number of fused-ring (bicyclic) bond motifs is 1. The largest absolute Gasteiger partial charge is 0.426 e. The number of carbonyl (C=O) groups excluding carboxylic acids is 1. The van der Waals surface area contributed by atoms with Crippen LogP contribution < -0.4 is 10.4 Å². The summed E-state index contributed by atoms with van der Waals surface area (Å²) in [6.45, 7) is 1.33. The molecule has 0 bridgehead atoms. The second-order valence-corrected chi connectivity index (χ2v) is 4.58. The van der Waals surface area contributed by atoms with Crippen LogP contribution in [0.1, 0.15) is 6.92 Å². The molecule has 0 aliphatic carbocycles. The number of rotatable bonds is 2. The molecule has 0 saturated heterocycles. The van der Waals surface area contributed by atoms with Crippen molar-refractivity contribution in [3.8, 4) is 17.1 Å². The first kappa shape index (κ1) is 13.1. The molecule has 0 amide bonds. The minimum absolute atomic E-state index is 0.364. The maximum absolute atomic E-state index is 12.0. The van der Waals surface area contributed by atoms with E-state index in [1.54, 1.807) is 42.5 Å². The molecule has 0 spiro atoms. The van der Waals surface area contributed by atoms with Crippen molar-refractivity contribution in [2.75, 3.05) is 0 Å². The molecule has 0 fully saturated rings. The van der Waals surface area contributed by atoms with Crippen LogP contribution in [0, 0.1) is 0 Å². The maximum Gasteiger partial charge on any atom is 0.344 e. The fraction of sp³-hybridized carbons (Fsp3) is 0.0588. The van der Waals surface area contributed by atoms with Gasteiger partial charge in [-0.05, 0) is 29.7 Å². The molecule has 104 valence electrons. The van der Waals surface area contributed by atoms with Gasteiger partial charge in [0.25, 0.3) is 0 Å². The molecule has 3 aromatic rings. The summed E-state index contributed by atoms with van der Waals surface area (Å²) < 4.78 is 10.5. The average Bonchev–Trinajstić information content (AvgIpc) is 2.47. The topological polar surface area (TPSA) is 56.5 Å². The van der Waals surface area contributed by atoms with Gasteiger partial charge in [-0.1, -0.05) is 30.3 Å². The van der Waals surface area contributed by atoms with Gasteiger partial charge in [-0.3, -0.25) is 4.79 Å². The molecule has 1 heterocycles. The predicted molar refractivity (Wildman–Crippen MR) is 79.2 cm³/mol. The highest BCUT2D eigenvalue weighted by atomic mass is 16.5. The van der Waals surface area contributed by atoms with E-state index >= 15 is 0 Å². The van der Waals surface area contributed by atoms with Crippen LogP contribution in [0.3, 0.4) is 0 Å². The number of ether oxygens (including phenoxy) is 1. The maximum atomic E-state index is 12.0. The van der Waals surface area contributed by atoms with Gasteiger partial charge in [0.2, 0.25) is 0 Å². The lowest BCUT2D eigenvalue weighted by Gasteiger charge is -2.08. The van der Waals surface area contributed by atoms with E-state index in [0.29, 0.717) is 22.5 Å². The second kappa shape index (κ2) is 5.25. The van der Waals surface area contributed by atoms with E-state index in [9.17, 15) is 9.59 Å². The van der Waals surface area contributed by atoms with Gasteiger partial charge in [0.05, 0.1) is 10.9 Å². The molecule has 0 N–H and O–H groups in total. The lowest BCUT2D eigenvalue weighted by Crippen LogP contribution is -2.04. The lowest BCUT2D eigenvalue weighted by molar-refractivity contribution is -0.131. The number of esters is 1. The molecule has 0 aliphatic rings. The van der Waals surface area contributed by atoms with Gasteiger partial charge in [-0.2, -0.15) is 0 Å². The number of carbonyl (C=O) groups is 1. The molecule has 0 atom stereocenters. The Kier molecular flexibility index (Phi) is 3.28. The quantitative estimate of drug-likeness (QED) is 0.533. The minimum atomic E-state index is -0.425. The third-order valence-corrected chi connectivity index (χ3v) is 3.08. The van der Waals surface area contributed by atoms with Crippen LogP contribution in [0.15, 0.2) is 63.8 Å². The van der Waals surface area contributed by atoms with Gasteiger partial charge >= 0.3 is 11.6 Å². The van der Waals surface area contributed by atoms with Crippen LogP contribution in [-0.2, 0) is 4.79 Å². The van der Waals surface area contributed by atoms with E-state index in [-0.39, 0.29) is 0 Å². The van der Waals surface area contributed by atoms with E-state index in [0.717, 1.165) is 5.39 Å². The standard InChI is InChI=1S/C17H12O4/c1-11(18)20-15-9-5-4-8-14(15)16-10-12-6-2-3-7-13(12)17(19)21-16/h2-10H,1H3. The van der Waals surface area contributed by atoms with Crippen LogP contribution in [-0.4, -0.2) is 5.97 Å². The predicted octanol–water partition coefficient (Wildman–Crippen LogP) is 3.39. The van der Waals surface area contributed by atoms with Crippen LogP contribution >= 0.6 is 0 Å². The fourth-order valence-corrected chi connectivity index (χ4v) is 2.18. The summed E-state index contributed by atoms with van der Waals surface area (Å²) in [5.41, 5.74) is 0.149. The van der Waals surface area contributed by atoms with Crippen molar-refractivity contribution in [2.45, 2.75) is 6.92 Å². The van der Waals surface area contributed by atoms with Crippen molar-refractivity contribution >= 4 is 16.7 Å². The summed E-state index contributed by atoms with van der Waals surface area (Å²) in [7, 11) is 0. The van der Waals surface area contributed by atoms with Crippen LogP contribution in [0.4, 0.5) is 0 Å². The highest BCUT2D eigenvalue weighted by Gasteiger charge is 2.12. The molecule has 1 aromatic heterocycles. The number of benzene rings is 2. The summed E-state index contributed by atoms with van der Waals surface area (Å²) in [4.78, 5) is 23.2. The van der Waals surface area contributed by atoms with Crippen LogP contribution in [0.5, 0.6) is 5.75 Å². The van der Waals surface area contributed by atoms with Crippen molar-refractivity contribution in [1.82, 2.24) is 0 Å². The van der Waals surface area contributed by atoms with Crippen molar-refractivity contribution < 1.29 is 13.9 Å². The first-order chi connectivity index (χ1) is 10.1. The normalized spacial score (nSPS) is 10.5. The van der Waals surface area contributed by atoms with E-state index in [4.69, 9.17) is 9.15 Å². The van der Waals surface area contributed by atoms with Gasteiger partial charge < -0.3 is 9.15 Å². The number of hydrogen-bond donors (Lipinski definition) is 0. The molecule has 3 rings (SSSR count). The third-order valence-electron chi connectivity index (χ3n) is 3.08. The molecule has 21 heavy (non-hydrogen) atoms. The first-order valence-electron chi connectivity index (χ1n) is 6.46. The highest BCUT2D eigenvalue weighted by molar-refractivity contribution is 5.85. The molecule has 4 heteroatoms. The fourth-order valence-electron chi connectivity index (χ4n) is 2.18. The zero-order valence-electron chi connectivity index (χ0n) is 11.3. The zero-order valence-corrected chi connectivity index (χ0v) is 11.3. The second-order valence-electron chi connectivity index (χ2n) is 4.58. The van der Waals surface area contributed by atoms with Crippen molar-refractivity contribution in [1.29, 1.82) is 0 Å². The van der Waals surface area contributed by atoms with Crippen molar-refractivity contribution in [2.24, 2.45) is 0 Å². The number of para-hydroxylation sites is 1. The molecule has 4 nitrogen and oxygen atoms in total.